The van der Waals surface area contributed by atoms with E-state index >= 15 is 0 Å². The minimum Gasteiger partial charge on any atom is -0.497 e. The van der Waals surface area contributed by atoms with Crippen LogP contribution in [0.3, 0.4) is 0 Å². The van der Waals surface area contributed by atoms with Crippen molar-refractivity contribution < 1.29 is 11.0 Å². The zero-order chi connectivity index (χ0) is 26.9. The Morgan fingerprint density at radius 3 is 2.39 bits per heavy atom. The molecule has 1 aliphatic heterocycles. The number of pyridine rings is 1. The molecule has 196 valence electrons. The summed E-state index contributed by atoms with van der Waals surface area (Å²) in [6.07, 6.45) is 7.50. The Labute approximate surface area is 231 Å². The van der Waals surface area contributed by atoms with Crippen LogP contribution in [0.25, 0.3) is 0 Å². The van der Waals surface area contributed by atoms with Crippen molar-refractivity contribution >= 4 is 17.7 Å². The lowest BCUT2D eigenvalue weighted by atomic mass is 9.78. The van der Waals surface area contributed by atoms with Crippen LogP contribution in [-0.4, -0.2) is 18.0 Å². The summed E-state index contributed by atoms with van der Waals surface area (Å²) < 4.78 is 5.38. The normalized spacial score (nSPS) is 15.9. The monoisotopic (exact) mass is 524 g/mol. The van der Waals surface area contributed by atoms with Crippen molar-refractivity contribution in [1.82, 2.24) is 10.3 Å². The summed E-state index contributed by atoms with van der Waals surface area (Å²) in [7, 11) is 1.69. The molecule has 0 bridgehead atoms. The number of methoxy groups -OCH3 is 1. The van der Waals surface area contributed by atoms with E-state index in [1.165, 1.54) is 26.5 Å². The zero-order valence-electron chi connectivity index (χ0n) is 22.3. The van der Waals surface area contributed by atoms with Gasteiger partial charge in [-0.2, -0.15) is 0 Å². The Morgan fingerprint density at radius 2 is 1.71 bits per heavy atom. The number of ether oxygens (including phenoxy) is 1. The van der Waals surface area contributed by atoms with Gasteiger partial charge in [-0.1, -0.05) is 67.2 Å². The second-order valence-corrected chi connectivity index (χ2v) is 10.2. The third-order valence-corrected chi connectivity index (χ3v) is 7.90. The van der Waals surface area contributed by atoms with Gasteiger partial charge in [0.05, 0.1) is 7.11 Å². The van der Waals surface area contributed by atoms with Gasteiger partial charge in [0.1, 0.15) is 5.75 Å². The molecule has 0 saturated heterocycles. The highest BCUT2D eigenvalue weighted by atomic mass is 32.2. The third-order valence-electron chi connectivity index (χ3n) is 6.72. The molecular weight excluding hydrogens is 488 g/mol. The lowest BCUT2D eigenvalue weighted by molar-refractivity contribution is 0.0950. The van der Waals surface area contributed by atoms with E-state index in [0.717, 1.165) is 11.3 Å². The van der Waals surface area contributed by atoms with Crippen molar-refractivity contribution in [3.8, 4) is 5.75 Å². The first-order chi connectivity index (χ1) is 18.5. The Bertz CT molecular complexity index is 1390. The van der Waals surface area contributed by atoms with E-state index < -0.39 is 0 Å². The predicted molar refractivity (Wildman–Crippen MR) is 158 cm³/mol. The largest absolute Gasteiger partial charge is 0.497 e. The van der Waals surface area contributed by atoms with Gasteiger partial charge in [0, 0.05) is 41.6 Å². The molecule has 5 rings (SSSR count). The van der Waals surface area contributed by atoms with E-state index in [1.54, 1.807) is 31.3 Å². The van der Waals surface area contributed by atoms with Crippen LogP contribution in [0.15, 0.2) is 113 Å². The number of fused-ring (bicyclic) bond motifs is 2. The smallest absolute Gasteiger partial charge is 0.251 e. The van der Waals surface area contributed by atoms with Crippen LogP contribution in [-0.2, 0) is 6.54 Å². The molecule has 38 heavy (non-hydrogen) atoms. The molecule has 1 N–H and O–H groups in total. The van der Waals surface area contributed by atoms with Gasteiger partial charge in [-0.15, -0.1) is 0 Å². The molecule has 2 heterocycles. The van der Waals surface area contributed by atoms with Gasteiger partial charge in [0.25, 0.3) is 5.91 Å². The van der Waals surface area contributed by atoms with E-state index in [-0.39, 0.29) is 19.2 Å². The summed E-state index contributed by atoms with van der Waals surface area (Å²) in [6.45, 7) is 6.71. The molecule has 0 aliphatic carbocycles. The average molecular weight is 525 g/mol. The molecule has 2 atom stereocenters. The molecule has 1 aromatic heterocycles. The number of benzene rings is 3. The van der Waals surface area contributed by atoms with Gasteiger partial charge in [-0.3, -0.25) is 9.78 Å². The van der Waals surface area contributed by atoms with Gasteiger partial charge in [0.15, 0.2) is 0 Å². The van der Waals surface area contributed by atoms with Gasteiger partial charge in [0.2, 0.25) is 0 Å². The van der Waals surface area contributed by atoms with E-state index in [4.69, 9.17) is 4.74 Å². The standard InChI is InChI=1S/C29H26N2O2S.C4H8.H2/c1-19-25-16-22(29(32)31-18-20-6-5-15-30-17-20)11-14-27(25)34-26-8-4-3-7-24(26)28(19)21-9-12-23(33-2)13-10-21;1-3-4-2;/h3-17,19,28H,18H2,1-2H3,(H,31,32);3-4H,1-2H3;1H/b;4-3-;. The quantitative estimate of drug-likeness (QED) is 0.267. The first-order valence-corrected chi connectivity index (χ1v) is 13.7. The minimum absolute atomic E-state index is 0. The Morgan fingerprint density at radius 1 is 0.974 bits per heavy atom. The zero-order valence-corrected chi connectivity index (χ0v) is 23.2. The van der Waals surface area contributed by atoms with Crippen LogP contribution in [0.5, 0.6) is 5.75 Å². The van der Waals surface area contributed by atoms with Gasteiger partial charge < -0.3 is 10.1 Å². The minimum atomic E-state index is -0.0772. The van der Waals surface area contributed by atoms with Gasteiger partial charge in [-0.05, 0) is 84.5 Å². The molecule has 4 nitrogen and oxygen atoms in total. The molecule has 2 unspecified atom stereocenters. The third kappa shape index (κ3) is 6.35. The van der Waals surface area contributed by atoms with Crippen LogP contribution >= 0.6 is 11.8 Å². The van der Waals surface area contributed by atoms with E-state index in [1.807, 2.05) is 56.3 Å². The number of nitrogens with one attached hydrogen (secondary N) is 1. The first-order valence-electron chi connectivity index (χ1n) is 12.8. The van der Waals surface area contributed by atoms with Gasteiger partial charge >= 0.3 is 0 Å². The number of allylic oxidation sites excluding steroid dienone is 2. The maximum absolute atomic E-state index is 13.0. The summed E-state index contributed by atoms with van der Waals surface area (Å²) in [6, 6.07) is 26.9. The van der Waals surface area contributed by atoms with Gasteiger partial charge in [-0.25, -0.2) is 0 Å². The number of aromatic nitrogens is 1. The summed E-state index contributed by atoms with van der Waals surface area (Å²) in [4.78, 5) is 19.6. The van der Waals surface area contributed by atoms with Crippen molar-refractivity contribution in [3.05, 3.63) is 131 Å². The second kappa shape index (κ2) is 13.1. The highest BCUT2D eigenvalue weighted by Gasteiger charge is 2.30. The molecule has 0 radical (unpaired) electrons. The van der Waals surface area contributed by atoms with Crippen LogP contribution in [0.2, 0.25) is 0 Å². The van der Waals surface area contributed by atoms with Crippen LogP contribution in [0.1, 0.15) is 66.6 Å². The fraction of sp³-hybridized carbons (Fsp3) is 0.212. The second-order valence-electron chi connectivity index (χ2n) is 9.14. The highest BCUT2D eigenvalue weighted by Crippen LogP contribution is 2.50. The molecular formula is C33H36N2O2S. The first kappa shape index (κ1) is 27.2. The molecule has 0 spiro atoms. The summed E-state index contributed by atoms with van der Waals surface area (Å²) in [5, 5.41) is 3.03. The maximum Gasteiger partial charge on any atom is 0.251 e. The fourth-order valence-corrected chi connectivity index (χ4v) is 5.80. The molecule has 0 saturated carbocycles. The van der Waals surface area contributed by atoms with Crippen molar-refractivity contribution in [2.24, 2.45) is 0 Å². The summed E-state index contributed by atoms with van der Waals surface area (Å²) >= 11 is 1.78. The fourth-order valence-electron chi connectivity index (χ4n) is 4.60. The summed E-state index contributed by atoms with van der Waals surface area (Å²) in [5.41, 5.74) is 5.39. The van der Waals surface area contributed by atoms with E-state index in [9.17, 15) is 4.79 Å². The number of nitrogens with zero attached hydrogens (tertiary/aromatic N) is 1. The highest BCUT2D eigenvalue weighted by molar-refractivity contribution is 7.99. The molecule has 3 aromatic carbocycles. The van der Waals surface area contributed by atoms with Crippen molar-refractivity contribution in [2.75, 3.05) is 7.11 Å². The summed E-state index contributed by atoms with van der Waals surface area (Å²) in [5.74, 6) is 1.13. The number of amides is 1. The Balaban J connectivity index is 0.000000788. The topological polar surface area (TPSA) is 51.2 Å². The van der Waals surface area contributed by atoms with Crippen molar-refractivity contribution in [3.63, 3.8) is 0 Å². The maximum atomic E-state index is 13.0. The molecule has 0 fully saturated rings. The van der Waals surface area contributed by atoms with Crippen LogP contribution in [0.4, 0.5) is 0 Å². The lowest BCUT2D eigenvalue weighted by Crippen LogP contribution is -2.23. The predicted octanol–water partition coefficient (Wildman–Crippen LogP) is 8.25. The van der Waals surface area contributed by atoms with Crippen molar-refractivity contribution in [2.45, 2.75) is 48.9 Å². The number of carbonyl (C=O) groups excluding carboxylic acids is 1. The molecule has 1 aliphatic rings. The number of rotatable bonds is 5. The van der Waals surface area contributed by atoms with E-state index in [0.29, 0.717) is 12.1 Å². The number of hydrogen-bond donors (Lipinski definition) is 1. The van der Waals surface area contributed by atoms with Crippen molar-refractivity contribution in [1.29, 1.82) is 0 Å². The lowest BCUT2D eigenvalue weighted by Gasteiger charge is -2.25. The Hall–Kier alpha value is -3.83. The van der Waals surface area contributed by atoms with Crippen LogP contribution < -0.4 is 10.1 Å². The number of hydrogen-bond acceptors (Lipinski definition) is 4. The average Bonchev–Trinajstić information content (AvgIpc) is 3.10. The molecule has 1 amide bonds. The van der Waals surface area contributed by atoms with E-state index in [2.05, 4.69) is 65.8 Å². The molecule has 4 aromatic rings. The van der Waals surface area contributed by atoms with Crippen LogP contribution in [0, 0.1) is 0 Å². The Kier molecular flexibility index (Phi) is 9.39. The number of carbonyl (C=O) groups is 1. The SMILES string of the molecule is C/C=C\C.COc1ccc(C2c3ccccc3Sc3ccc(C(=O)NCc4cccnc4)cc3C2C)cc1.[HH]. The molecule has 5 heteroatoms.